The standard InChI is InChI=1S/C11H16ClN3O/c1-3-13-8(2)7-11(16)15-10-6-4-5-9(12)14-10/h4-6,8,13H,3,7H2,1-2H3,(H,14,15,16). The first kappa shape index (κ1) is 12.9. The summed E-state index contributed by atoms with van der Waals surface area (Å²) < 4.78 is 0. The highest BCUT2D eigenvalue weighted by Gasteiger charge is 2.08. The van der Waals surface area contributed by atoms with E-state index in [1.807, 2.05) is 13.8 Å². The molecule has 0 aromatic carbocycles. The van der Waals surface area contributed by atoms with Gasteiger partial charge < -0.3 is 10.6 Å². The molecule has 0 bridgehead atoms. The molecular weight excluding hydrogens is 226 g/mol. The first-order valence-electron chi connectivity index (χ1n) is 5.27. The number of nitrogens with zero attached hydrogens (tertiary/aromatic N) is 1. The predicted molar refractivity (Wildman–Crippen MR) is 65.6 cm³/mol. The van der Waals surface area contributed by atoms with Crippen molar-refractivity contribution in [3.8, 4) is 0 Å². The fourth-order valence-electron chi connectivity index (χ4n) is 1.37. The van der Waals surface area contributed by atoms with Gasteiger partial charge in [-0.2, -0.15) is 0 Å². The van der Waals surface area contributed by atoms with E-state index in [0.29, 0.717) is 17.4 Å². The first-order chi connectivity index (χ1) is 7.61. The average molecular weight is 242 g/mol. The van der Waals surface area contributed by atoms with Crippen molar-refractivity contribution in [2.75, 3.05) is 11.9 Å². The Morgan fingerprint density at radius 3 is 2.94 bits per heavy atom. The van der Waals surface area contributed by atoms with Crippen LogP contribution in [-0.4, -0.2) is 23.5 Å². The van der Waals surface area contributed by atoms with Crippen LogP contribution in [0.1, 0.15) is 20.3 Å². The van der Waals surface area contributed by atoms with Crippen molar-refractivity contribution in [1.82, 2.24) is 10.3 Å². The van der Waals surface area contributed by atoms with E-state index in [2.05, 4.69) is 15.6 Å². The molecule has 1 rings (SSSR count). The molecule has 0 fully saturated rings. The minimum atomic E-state index is -0.0665. The molecular formula is C11H16ClN3O. The van der Waals surface area contributed by atoms with Gasteiger partial charge in [0.1, 0.15) is 11.0 Å². The number of aromatic nitrogens is 1. The maximum Gasteiger partial charge on any atom is 0.227 e. The molecule has 1 unspecified atom stereocenters. The van der Waals surface area contributed by atoms with Crippen LogP contribution in [0.15, 0.2) is 18.2 Å². The lowest BCUT2D eigenvalue weighted by atomic mass is 10.2. The summed E-state index contributed by atoms with van der Waals surface area (Å²) in [5.74, 6) is 0.421. The molecule has 0 radical (unpaired) electrons. The number of pyridine rings is 1. The van der Waals surface area contributed by atoms with Crippen LogP contribution in [0.5, 0.6) is 0 Å². The lowest BCUT2D eigenvalue weighted by Gasteiger charge is -2.11. The number of hydrogen-bond donors (Lipinski definition) is 2. The van der Waals surface area contributed by atoms with Crippen LogP contribution in [0, 0.1) is 0 Å². The molecule has 0 aliphatic heterocycles. The number of nitrogens with one attached hydrogen (secondary N) is 2. The van der Waals surface area contributed by atoms with E-state index >= 15 is 0 Å². The number of carbonyl (C=O) groups is 1. The van der Waals surface area contributed by atoms with Crippen molar-refractivity contribution < 1.29 is 4.79 Å². The van der Waals surface area contributed by atoms with E-state index in [9.17, 15) is 4.79 Å². The van der Waals surface area contributed by atoms with Gasteiger partial charge >= 0.3 is 0 Å². The zero-order chi connectivity index (χ0) is 12.0. The molecule has 1 heterocycles. The molecule has 0 saturated carbocycles. The van der Waals surface area contributed by atoms with Crippen molar-refractivity contribution in [3.05, 3.63) is 23.4 Å². The third-order valence-electron chi connectivity index (χ3n) is 2.03. The van der Waals surface area contributed by atoms with E-state index in [4.69, 9.17) is 11.6 Å². The second-order valence-corrected chi connectivity index (χ2v) is 3.94. The number of amides is 1. The molecule has 1 aromatic heterocycles. The van der Waals surface area contributed by atoms with Crippen molar-refractivity contribution in [3.63, 3.8) is 0 Å². The van der Waals surface area contributed by atoms with Gasteiger partial charge in [0.2, 0.25) is 5.91 Å². The van der Waals surface area contributed by atoms with Crippen LogP contribution in [0.4, 0.5) is 5.82 Å². The SMILES string of the molecule is CCNC(C)CC(=O)Nc1cccc(Cl)n1. The highest BCUT2D eigenvalue weighted by atomic mass is 35.5. The van der Waals surface area contributed by atoms with Crippen LogP contribution >= 0.6 is 11.6 Å². The molecule has 0 saturated heterocycles. The number of halogens is 1. The number of hydrogen-bond acceptors (Lipinski definition) is 3. The Morgan fingerprint density at radius 1 is 1.56 bits per heavy atom. The van der Waals surface area contributed by atoms with E-state index in [1.54, 1.807) is 18.2 Å². The van der Waals surface area contributed by atoms with Gasteiger partial charge in [-0.05, 0) is 25.6 Å². The Bertz CT molecular complexity index is 357. The molecule has 4 nitrogen and oxygen atoms in total. The van der Waals surface area contributed by atoms with Crippen LogP contribution in [0.25, 0.3) is 0 Å². The fraction of sp³-hybridized carbons (Fsp3) is 0.455. The minimum absolute atomic E-state index is 0.0665. The van der Waals surface area contributed by atoms with Gasteiger partial charge in [-0.3, -0.25) is 4.79 Å². The zero-order valence-corrected chi connectivity index (χ0v) is 10.2. The van der Waals surface area contributed by atoms with E-state index in [1.165, 1.54) is 0 Å². The van der Waals surface area contributed by atoms with Gasteiger partial charge in [-0.25, -0.2) is 4.98 Å². The van der Waals surface area contributed by atoms with Crippen molar-refractivity contribution in [2.24, 2.45) is 0 Å². The largest absolute Gasteiger partial charge is 0.314 e. The third kappa shape index (κ3) is 4.59. The Kier molecular flexibility index (Phi) is 5.22. The molecule has 1 amide bonds. The summed E-state index contributed by atoms with van der Waals surface area (Å²) in [6, 6.07) is 5.28. The van der Waals surface area contributed by atoms with E-state index < -0.39 is 0 Å². The summed E-state index contributed by atoms with van der Waals surface area (Å²) in [6.07, 6.45) is 0.419. The van der Waals surface area contributed by atoms with E-state index in [-0.39, 0.29) is 11.9 Å². The third-order valence-corrected chi connectivity index (χ3v) is 2.24. The lowest BCUT2D eigenvalue weighted by Crippen LogP contribution is -2.30. The fourth-order valence-corrected chi connectivity index (χ4v) is 1.53. The van der Waals surface area contributed by atoms with Crippen molar-refractivity contribution in [2.45, 2.75) is 26.3 Å². The molecule has 2 N–H and O–H groups in total. The van der Waals surface area contributed by atoms with Crippen molar-refractivity contribution >= 4 is 23.3 Å². The molecule has 0 aliphatic rings. The topological polar surface area (TPSA) is 54.0 Å². The Hall–Kier alpha value is -1.13. The van der Waals surface area contributed by atoms with Gasteiger partial charge in [-0.1, -0.05) is 24.6 Å². The molecule has 5 heteroatoms. The van der Waals surface area contributed by atoms with Gasteiger partial charge in [0, 0.05) is 12.5 Å². The van der Waals surface area contributed by atoms with Crippen molar-refractivity contribution in [1.29, 1.82) is 0 Å². The van der Waals surface area contributed by atoms with Gasteiger partial charge in [0.25, 0.3) is 0 Å². The molecule has 1 aromatic rings. The highest BCUT2D eigenvalue weighted by molar-refractivity contribution is 6.29. The van der Waals surface area contributed by atoms with E-state index in [0.717, 1.165) is 6.54 Å². The van der Waals surface area contributed by atoms with Gasteiger partial charge in [0.05, 0.1) is 0 Å². The second-order valence-electron chi connectivity index (χ2n) is 3.56. The quantitative estimate of drug-likeness (QED) is 0.776. The molecule has 1 atom stereocenters. The Balaban J connectivity index is 2.45. The molecule has 0 aliphatic carbocycles. The summed E-state index contributed by atoms with van der Waals surface area (Å²) in [6.45, 7) is 4.82. The summed E-state index contributed by atoms with van der Waals surface area (Å²) in [4.78, 5) is 15.6. The summed E-state index contributed by atoms with van der Waals surface area (Å²) >= 11 is 5.71. The normalized spacial score (nSPS) is 12.2. The molecule has 16 heavy (non-hydrogen) atoms. The summed E-state index contributed by atoms with van der Waals surface area (Å²) in [5, 5.41) is 6.24. The summed E-state index contributed by atoms with van der Waals surface area (Å²) in [5.41, 5.74) is 0. The van der Waals surface area contributed by atoms with Gasteiger partial charge in [-0.15, -0.1) is 0 Å². The smallest absolute Gasteiger partial charge is 0.227 e. The predicted octanol–water partition coefficient (Wildman–Crippen LogP) is 2.06. The number of carbonyl (C=O) groups excluding carboxylic acids is 1. The highest BCUT2D eigenvalue weighted by Crippen LogP contribution is 2.09. The second kappa shape index (κ2) is 6.45. The first-order valence-corrected chi connectivity index (χ1v) is 5.65. The molecule has 88 valence electrons. The van der Waals surface area contributed by atoms with Crippen LogP contribution in [-0.2, 0) is 4.79 Å². The zero-order valence-electron chi connectivity index (χ0n) is 9.46. The van der Waals surface area contributed by atoms with Crippen LogP contribution in [0.2, 0.25) is 5.15 Å². The Morgan fingerprint density at radius 2 is 2.31 bits per heavy atom. The maximum atomic E-state index is 11.6. The Labute approximate surface area is 100 Å². The van der Waals surface area contributed by atoms with Crippen LogP contribution in [0.3, 0.4) is 0 Å². The molecule has 0 spiro atoms. The van der Waals surface area contributed by atoms with Crippen LogP contribution < -0.4 is 10.6 Å². The number of rotatable bonds is 5. The minimum Gasteiger partial charge on any atom is -0.314 e. The lowest BCUT2D eigenvalue weighted by molar-refractivity contribution is -0.116. The van der Waals surface area contributed by atoms with Gasteiger partial charge in [0.15, 0.2) is 0 Å². The number of anilines is 1. The summed E-state index contributed by atoms with van der Waals surface area (Å²) in [7, 11) is 0. The monoisotopic (exact) mass is 241 g/mol. The maximum absolute atomic E-state index is 11.6. The average Bonchev–Trinajstić information content (AvgIpc) is 2.17.